The van der Waals surface area contributed by atoms with Crippen molar-refractivity contribution < 1.29 is 26.9 Å². The Morgan fingerprint density at radius 2 is 1.40 bits per heavy atom. The Labute approximate surface area is 47.1 Å². The summed E-state index contributed by atoms with van der Waals surface area (Å²) in [5.41, 5.74) is 0. The maximum Gasteiger partial charge on any atom is 3.00 e. The molecule has 2 nitrogen and oxygen atoms in total. The van der Waals surface area contributed by atoms with Crippen LogP contribution in [0.5, 0.6) is 0 Å². The van der Waals surface area contributed by atoms with Crippen LogP contribution in [-0.2, 0) is 29.3 Å². The zero-order valence-corrected chi connectivity index (χ0v) is 4.84. The predicted molar refractivity (Wildman–Crippen MR) is 14.3 cm³/mol. The molecule has 0 aromatic carbocycles. The van der Waals surface area contributed by atoms with Crippen molar-refractivity contribution in [2.24, 2.45) is 0 Å². The number of rotatable bonds is 0. The van der Waals surface area contributed by atoms with Crippen molar-refractivity contribution in [1.29, 1.82) is 0 Å². The first-order valence-electron chi connectivity index (χ1n) is 0.548. The summed E-state index contributed by atoms with van der Waals surface area (Å²) >= 11 is 3.57. The van der Waals surface area contributed by atoms with E-state index in [1.807, 2.05) is 0 Å². The summed E-state index contributed by atoms with van der Waals surface area (Å²) < 4.78 is 0. The van der Waals surface area contributed by atoms with Gasteiger partial charge in [-0.3, -0.25) is 0 Å². The third kappa shape index (κ3) is 36.4. The van der Waals surface area contributed by atoms with Crippen LogP contribution >= 0.6 is 7.58 Å². The van der Waals surface area contributed by atoms with Gasteiger partial charge in [-0.15, -0.1) is 0 Å². The van der Waals surface area contributed by atoms with Gasteiger partial charge in [-0.05, 0) is 0 Å². The predicted octanol–water partition coefficient (Wildman–Crippen LogP) is -1.52. The molecular weight excluding hydrogens is 151 g/mol. The van der Waals surface area contributed by atoms with Crippen molar-refractivity contribution in [2.45, 2.75) is 0 Å². The molecule has 0 N–H and O–H groups in total. The number of hydrogen-bond acceptors (Lipinski definition) is 3. The summed E-state index contributed by atoms with van der Waals surface area (Å²) in [7, 11) is -2.54. The molecule has 31 valence electrons. The molecule has 0 aliphatic carbocycles. The summed E-state index contributed by atoms with van der Waals surface area (Å²) in [5, 5.41) is 0. The summed E-state index contributed by atoms with van der Waals surface area (Å²) in [5.74, 6) is 0. The largest absolute Gasteiger partial charge is 3.00 e. The normalized spacial score (nSPS) is 7.20. The van der Waals surface area contributed by atoms with Crippen LogP contribution in [0.4, 0.5) is 0 Å². The molecule has 0 heterocycles. The molecule has 0 amide bonds. The molecular formula is FeO2PS. The van der Waals surface area contributed by atoms with E-state index in [2.05, 4.69) is 12.2 Å². The molecule has 1 radical (unpaired) electrons. The van der Waals surface area contributed by atoms with Gasteiger partial charge in [0.2, 0.25) is 0 Å². The molecule has 0 rings (SSSR count). The van der Waals surface area contributed by atoms with Crippen molar-refractivity contribution in [3.05, 3.63) is 0 Å². The Balaban J connectivity index is 0. The van der Waals surface area contributed by atoms with Gasteiger partial charge in [0.15, 0.2) is 0 Å². The van der Waals surface area contributed by atoms with Crippen molar-refractivity contribution in [2.75, 3.05) is 0 Å². The molecule has 5 heavy (non-hydrogen) atoms. The topological polar surface area (TPSA) is 46.1 Å². The molecule has 0 fully saturated rings. The SMILES string of the molecule is [Fe+3].[O-]P([O-])[S-]. The minimum Gasteiger partial charge on any atom is -0.860 e. The Morgan fingerprint density at radius 3 is 1.40 bits per heavy atom. The average Bonchev–Trinajstić information content (AvgIpc) is 0.811. The second-order valence-corrected chi connectivity index (χ2v) is 1.57. The van der Waals surface area contributed by atoms with Gasteiger partial charge in [0.1, 0.15) is 0 Å². The summed E-state index contributed by atoms with van der Waals surface area (Å²) in [6.45, 7) is 0. The molecule has 0 aliphatic rings. The Morgan fingerprint density at radius 1 is 1.40 bits per heavy atom. The Kier molecular flexibility index (Phi) is 9.93. The Hall–Kier alpha value is 1.22. The van der Waals surface area contributed by atoms with Crippen molar-refractivity contribution in [3.8, 4) is 0 Å². The molecule has 0 saturated carbocycles. The van der Waals surface area contributed by atoms with Crippen LogP contribution in [0.3, 0.4) is 0 Å². The van der Waals surface area contributed by atoms with Crippen LogP contribution in [0.15, 0.2) is 0 Å². The summed E-state index contributed by atoms with van der Waals surface area (Å²) in [6, 6.07) is 0. The van der Waals surface area contributed by atoms with Gasteiger partial charge in [-0.25, -0.2) is 0 Å². The molecule has 0 unspecified atom stereocenters. The van der Waals surface area contributed by atoms with Gasteiger partial charge in [-0.2, -0.15) is 0 Å². The van der Waals surface area contributed by atoms with Crippen LogP contribution in [-0.4, -0.2) is 0 Å². The van der Waals surface area contributed by atoms with E-state index >= 15 is 0 Å². The molecule has 0 saturated heterocycles. The van der Waals surface area contributed by atoms with Gasteiger partial charge >= 0.3 is 17.1 Å². The van der Waals surface area contributed by atoms with Gasteiger partial charge < -0.3 is 29.6 Å². The monoisotopic (exact) mass is 151 g/mol. The summed E-state index contributed by atoms with van der Waals surface area (Å²) in [4.78, 5) is 17.7. The molecule has 0 bridgehead atoms. The standard InChI is InChI=1S/Fe.O2PS/c;1-3(2)4/q+3;-3. The van der Waals surface area contributed by atoms with E-state index in [1.165, 1.54) is 0 Å². The first-order chi connectivity index (χ1) is 1.73. The number of hydrogen-bond donors (Lipinski definition) is 0. The van der Waals surface area contributed by atoms with E-state index in [9.17, 15) is 0 Å². The van der Waals surface area contributed by atoms with Crippen LogP contribution in [0.25, 0.3) is 0 Å². The molecule has 5 heteroatoms. The minimum atomic E-state index is -2.54. The molecule has 0 aliphatic heterocycles. The molecule has 0 aromatic rings. The minimum absolute atomic E-state index is 0. The van der Waals surface area contributed by atoms with E-state index in [-0.39, 0.29) is 17.1 Å². The average molecular weight is 151 g/mol. The van der Waals surface area contributed by atoms with Gasteiger partial charge in [0.05, 0.1) is 0 Å². The third-order valence-electron chi connectivity index (χ3n) is 0. The van der Waals surface area contributed by atoms with E-state index in [0.29, 0.717) is 0 Å². The third-order valence-corrected chi connectivity index (χ3v) is 0. The second kappa shape index (κ2) is 5.22. The molecule has 0 atom stereocenters. The van der Waals surface area contributed by atoms with E-state index < -0.39 is 7.58 Å². The molecule has 0 spiro atoms. The van der Waals surface area contributed by atoms with Crippen molar-refractivity contribution in [3.63, 3.8) is 0 Å². The zero-order chi connectivity index (χ0) is 3.58. The smallest absolute Gasteiger partial charge is 0.860 e. The quantitative estimate of drug-likeness (QED) is 0.240. The van der Waals surface area contributed by atoms with Crippen molar-refractivity contribution >= 4 is 19.8 Å². The van der Waals surface area contributed by atoms with Crippen molar-refractivity contribution in [1.82, 2.24) is 0 Å². The van der Waals surface area contributed by atoms with E-state index in [0.717, 1.165) is 0 Å². The fraction of sp³-hybridized carbons (Fsp3) is 0. The van der Waals surface area contributed by atoms with E-state index in [4.69, 9.17) is 9.79 Å². The van der Waals surface area contributed by atoms with Gasteiger partial charge in [0, 0.05) is 0 Å². The fourth-order valence-corrected chi connectivity index (χ4v) is 0. The van der Waals surface area contributed by atoms with Gasteiger partial charge in [-0.1, -0.05) is 0 Å². The summed E-state index contributed by atoms with van der Waals surface area (Å²) in [6.07, 6.45) is 0. The first-order valence-corrected chi connectivity index (χ1v) is 2.74. The second-order valence-electron chi connectivity index (χ2n) is 0.224. The first kappa shape index (κ1) is 9.52. The van der Waals surface area contributed by atoms with Crippen LogP contribution < -0.4 is 9.79 Å². The fourth-order valence-electron chi connectivity index (χ4n) is 0. The Bertz CT molecular complexity index is 14.4. The maximum atomic E-state index is 8.85. The zero-order valence-electron chi connectivity index (χ0n) is 2.03. The molecule has 0 aromatic heterocycles. The van der Waals surface area contributed by atoms with Gasteiger partial charge in [0.25, 0.3) is 0 Å². The van der Waals surface area contributed by atoms with Crippen LogP contribution in [0.1, 0.15) is 0 Å². The maximum absolute atomic E-state index is 8.85. The van der Waals surface area contributed by atoms with Crippen LogP contribution in [0.2, 0.25) is 0 Å². The van der Waals surface area contributed by atoms with E-state index in [1.54, 1.807) is 0 Å². The van der Waals surface area contributed by atoms with Crippen LogP contribution in [0, 0.1) is 0 Å².